The molecule has 3 aromatic rings. The predicted molar refractivity (Wildman–Crippen MR) is 123 cm³/mol. The first-order chi connectivity index (χ1) is 16.5. The molecule has 9 heteroatoms. The standard InChI is InChI=1S/C25H18N2O6S/c1-31-24(29)21-11-10-19(33-21)14-27-23(28)22(34-25(27)30)12-16-6-4-5-9-20(16)32-15-18-8-3-2-7-17(18)13-26/h2-12H,14-15H2,1H3. The lowest BCUT2D eigenvalue weighted by Gasteiger charge is -2.11. The SMILES string of the molecule is COC(=O)c1ccc(CN2C(=O)SC(=Cc3ccccc3OCc3ccccc3C#N)C2=O)o1. The fraction of sp³-hybridized carbons (Fsp3) is 0.120. The average Bonchev–Trinajstić information content (AvgIpc) is 3.43. The Balaban J connectivity index is 1.51. The van der Waals surface area contributed by atoms with Crippen molar-refractivity contribution in [1.29, 1.82) is 5.26 Å². The number of ether oxygens (including phenoxy) is 2. The van der Waals surface area contributed by atoms with Crippen LogP contribution in [0, 0.1) is 11.3 Å². The van der Waals surface area contributed by atoms with Crippen LogP contribution in [0.2, 0.25) is 0 Å². The van der Waals surface area contributed by atoms with Crippen molar-refractivity contribution in [3.8, 4) is 11.8 Å². The molecule has 1 aromatic heterocycles. The zero-order chi connectivity index (χ0) is 24.1. The normalized spacial score (nSPS) is 14.4. The maximum absolute atomic E-state index is 12.9. The van der Waals surface area contributed by atoms with Gasteiger partial charge in [-0.15, -0.1) is 0 Å². The largest absolute Gasteiger partial charge is 0.488 e. The number of carbonyl (C=O) groups excluding carboxylic acids is 3. The van der Waals surface area contributed by atoms with Gasteiger partial charge in [0.15, 0.2) is 0 Å². The summed E-state index contributed by atoms with van der Waals surface area (Å²) in [4.78, 5) is 38.2. The van der Waals surface area contributed by atoms with Gasteiger partial charge < -0.3 is 13.9 Å². The first-order valence-corrected chi connectivity index (χ1v) is 10.9. The summed E-state index contributed by atoms with van der Waals surface area (Å²) < 4.78 is 15.9. The van der Waals surface area contributed by atoms with Crippen LogP contribution in [-0.2, 0) is 22.7 Å². The van der Waals surface area contributed by atoms with Gasteiger partial charge in [0.05, 0.1) is 30.2 Å². The molecule has 0 spiro atoms. The van der Waals surface area contributed by atoms with E-state index < -0.39 is 17.1 Å². The minimum absolute atomic E-state index is 0.0101. The van der Waals surface area contributed by atoms with Gasteiger partial charge in [-0.3, -0.25) is 14.5 Å². The molecule has 34 heavy (non-hydrogen) atoms. The van der Waals surface area contributed by atoms with E-state index in [9.17, 15) is 19.6 Å². The highest BCUT2D eigenvalue weighted by Gasteiger charge is 2.36. The summed E-state index contributed by atoms with van der Waals surface area (Å²) in [5.41, 5.74) is 1.88. The van der Waals surface area contributed by atoms with Crippen LogP contribution < -0.4 is 4.74 Å². The van der Waals surface area contributed by atoms with E-state index in [1.807, 2.05) is 12.1 Å². The van der Waals surface area contributed by atoms with Crippen LogP contribution in [0.25, 0.3) is 6.08 Å². The van der Waals surface area contributed by atoms with Crippen LogP contribution >= 0.6 is 11.8 Å². The Labute approximate surface area is 199 Å². The van der Waals surface area contributed by atoms with Crippen LogP contribution in [-0.4, -0.2) is 29.1 Å². The number of nitriles is 1. The lowest BCUT2D eigenvalue weighted by atomic mass is 10.1. The molecule has 1 aliphatic heterocycles. The molecule has 1 aliphatic rings. The summed E-state index contributed by atoms with van der Waals surface area (Å²) in [6.45, 7) is 0.0686. The first-order valence-electron chi connectivity index (χ1n) is 10.1. The van der Waals surface area contributed by atoms with Gasteiger partial charge in [-0.25, -0.2) is 4.79 Å². The molecule has 0 N–H and O–H groups in total. The number of rotatable bonds is 7. The molecule has 0 unspecified atom stereocenters. The number of thioether (sulfide) groups is 1. The molecule has 0 radical (unpaired) electrons. The van der Waals surface area contributed by atoms with Crippen LogP contribution in [0.3, 0.4) is 0 Å². The molecule has 2 aromatic carbocycles. The van der Waals surface area contributed by atoms with E-state index in [0.717, 1.165) is 22.2 Å². The topological polar surface area (TPSA) is 110 Å². The number of methoxy groups -OCH3 is 1. The van der Waals surface area contributed by atoms with Crippen molar-refractivity contribution in [2.45, 2.75) is 13.2 Å². The Morgan fingerprint density at radius 2 is 1.88 bits per heavy atom. The highest BCUT2D eigenvalue weighted by Crippen LogP contribution is 2.35. The van der Waals surface area contributed by atoms with Crippen molar-refractivity contribution >= 4 is 35.0 Å². The Morgan fingerprint density at radius 3 is 2.68 bits per heavy atom. The van der Waals surface area contributed by atoms with Crippen molar-refractivity contribution in [3.63, 3.8) is 0 Å². The molecular formula is C25H18N2O6S. The van der Waals surface area contributed by atoms with Crippen molar-refractivity contribution in [3.05, 3.63) is 93.8 Å². The van der Waals surface area contributed by atoms with Gasteiger partial charge in [-0.2, -0.15) is 5.26 Å². The minimum Gasteiger partial charge on any atom is -0.488 e. The summed E-state index contributed by atoms with van der Waals surface area (Å²) in [6.07, 6.45) is 1.60. The molecule has 1 fully saturated rings. The number of furan rings is 1. The van der Waals surface area contributed by atoms with Crippen LogP contribution in [0.15, 0.2) is 70.0 Å². The van der Waals surface area contributed by atoms with Crippen LogP contribution in [0.4, 0.5) is 4.79 Å². The number of amides is 2. The zero-order valence-electron chi connectivity index (χ0n) is 18.0. The average molecular weight is 474 g/mol. The molecule has 0 atom stereocenters. The molecular weight excluding hydrogens is 456 g/mol. The lowest BCUT2D eigenvalue weighted by Crippen LogP contribution is -2.27. The Bertz CT molecular complexity index is 1340. The lowest BCUT2D eigenvalue weighted by molar-refractivity contribution is -0.123. The van der Waals surface area contributed by atoms with E-state index in [2.05, 4.69) is 10.8 Å². The van der Waals surface area contributed by atoms with Gasteiger partial charge >= 0.3 is 5.97 Å². The smallest absolute Gasteiger partial charge is 0.373 e. The van der Waals surface area contributed by atoms with Gasteiger partial charge in [0.25, 0.3) is 11.1 Å². The third kappa shape index (κ3) is 4.87. The number of nitrogens with zero attached hydrogens (tertiary/aromatic N) is 2. The van der Waals surface area contributed by atoms with Gasteiger partial charge in [-0.1, -0.05) is 36.4 Å². The monoisotopic (exact) mass is 474 g/mol. The second-order valence-electron chi connectivity index (χ2n) is 7.12. The number of hydrogen-bond donors (Lipinski definition) is 0. The van der Waals surface area contributed by atoms with E-state index in [0.29, 0.717) is 16.9 Å². The third-order valence-corrected chi connectivity index (χ3v) is 5.87. The maximum Gasteiger partial charge on any atom is 0.373 e. The summed E-state index contributed by atoms with van der Waals surface area (Å²) in [5, 5.41) is 8.81. The van der Waals surface area contributed by atoms with Crippen molar-refractivity contribution in [2.24, 2.45) is 0 Å². The summed E-state index contributed by atoms with van der Waals surface area (Å²) in [5.74, 6) is -0.339. The van der Waals surface area contributed by atoms with E-state index in [1.54, 1.807) is 42.5 Å². The second kappa shape index (κ2) is 10.1. The van der Waals surface area contributed by atoms with E-state index >= 15 is 0 Å². The van der Waals surface area contributed by atoms with E-state index in [1.165, 1.54) is 19.2 Å². The Morgan fingerprint density at radius 1 is 1.12 bits per heavy atom. The molecule has 170 valence electrons. The molecule has 0 saturated carbocycles. The van der Waals surface area contributed by atoms with Gasteiger partial charge in [0, 0.05) is 11.1 Å². The fourth-order valence-electron chi connectivity index (χ4n) is 3.25. The predicted octanol–water partition coefficient (Wildman–Crippen LogP) is 4.75. The second-order valence-corrected chi connectivity index (χ2v) is 8.11. The van der Waals surface area contributed by atoms with E-state index in [4.69, 9.17) is 9.15 Å². The Kier molecular flexibility index (Phi) is 6.80. The van der Waals surface area contributed by atoms with Gasteiger partial charge in [-0.05, 0) is 42.1 Å². The molecule has 1 saturated heterocycles. The highest BCUT2D eigenvalue weighted by atomic mass is 32.2. The number of benzene rings is 2. The van der Waals surface area contributed by atoms with Crippen molar-refractivity contribution in [1.82, 2.24) is 4.90 Å². The molecule has 0 aliphatic carbocycles. The van der Waals surface area contributed by atoms with Gasteiger partial charge in [0.2, 0.25) is 5.76 Å². The van der Waals surface area contributed by atoms with Crippen LogP contribution in [0.5, 0.6) is 5.75 Å². The first kappa shape index (κ1) is 22.9. The van der Waals surface area contributed by atoms with E-state index in [-0.39, 0.29) is 29.6 Å². The number of carbonyl (C=O) groups is 3. The van der Waals surface area contributed by atoms with Crippen LogP contribution in [0.1, 0.15) is 33.0 Å². The number of para-hydroxylation sites is 1. The zero-order valence-corrected chi connectivity index (χ0v) is 18.8. The molecule has 0 bridgehead atoms. The quantitative estimate of drug-likeness (QED) is 0.356. The molecule has 4 rings (SSSR count). The third-order valence-electron chi connectivity index (χ3n) is 4.96. The molecule has 8 nitrogen and oxygen atoms in total. The minimum atomic E-state index is -0.644. The maximum atomic E-state index is 12.9. The van der Waals surface area contributed by atoms with Crippen molar-refractivity contribution < 1.29 is 28.3 Å². The van der Waals surface area contributed by atoms with Crippen molar-refractivity contribution in [2.75, 3.05) is 7.11 Å². The Hall–Kier alpha value is -4.29. The molecule has 2 heterocycles. The number of esters is 1. The number of imide groups is 1. The highest BCUT2D eigenvalue weighted by molar-refractivity contribution is 8.18. The number of hydrogen-bond acceptors (Lipinski definition) is 8. The fourth-order valence-corrected chi connectivity index (χ4v) is 4.08. The van der Waals surface area contributed by atoms with Gasteiger partial charge in [0.1, 0.15) is 18.1 Å². The molecule has 2 amide bonds. The summed E-state index contributed by atoms with van der Waals surface area (Å²) in [7, 11) is 1.23. The summed E-state index contributed by atoms with van der Waals surface area (Å²) in [6, 6.07) is 19.3. The summed E-state index contributed by atoms with van der Waals surface area (Å²) >= 11 is 0.809.